The number of rotatable bonds is 6. The molecule has 126 valence electrons. The van der Waals surface area contributed by atoms with Crippen molar-refractivity contribution in [3.8, 4) is 11.5 Å². The largest absolute Gasteiger partial charge is 0.485 e. The fraction of sp³-hybridized carbons (Fsp3) is 0.316. The molecule has 2 aromatic rings. The maximum absolute atomic E-state index is 12.2. The lowest BCUT2D eigenvalue weighted by atomic mass is 10.1. The smallest absolute Gasteiger partial charge is 0.264 e. The monoisotopic (exact) mass is 343 g/mol. The van der Waals surface area contributed by atoms with Crippen LogP contribution in [-0.4, -0.2) is 30.9 Å². The van der Waals surface area contributed by atoms with E-state index in [1.807, 2.05) is 42.1 Å². The van der Waals surface area contributed by atoms with Crippen LogP contribution in [0.25, 0.3) is 0 Å². The molecule has 1 N–H and O–H groups in total. The number of aryl methyl sites for hydroxylation is 1. The number of benzene rings is 2. The first-order valence-electron chi connectivity index (χ1n) is 8.02. The van der Waals surface area contributed by atoms with E-state index in [4.69, 9.17) is 9.47 Å². The highest BCUT2D eigenvalue weighted by Crippen LogP contribution is 2.30. The molecule has 0 saturated heterocycles. The molecular weight excluding hydrogens is 322 g/mol. The second-order valence-electron chi connectivity index (χ2n) is 5.63. The van der Waals surface area contributed by atoms with E-state index >= 15 is 0 Å². The minimum absolute atomic E-state index is 0.124. The lowest BCUT2D eigenvalue weighted by Gasteiger charge is -2.25. The molecular formula is C19H21NO3S. The van der Waals surface area contributed by atoms with Gasteiger partial charge in [0.15, 0.2) is 11.5 Å². The van der Waals surface area contributed by atoms with Gasteiger partial charge in [0.2, 0.25) is 6.10 Å². The normalized spacial score (nSPS) is 15.8. The molecule has 1 aliphatic heterocycles. The van der Waals surface area contributed by atoms with Gasteiger partial charge in [-0.1, -0.05) is 36.4 Å². The van der Waals surface area contributed by atoms with Gasteiger partial charge in [-0.3, -0.25) is 4.79 Å². The van der Waals surface area contributed by atoms with E-state index in [-0.39, 0.29) is 12.5 Å². The van der Waals surface area contributed by atoms with Gasteiger partial charge in [-0.05, 0) is 30.2 Å². The predicted octanol–water partition coefficient (Wildman–Crippen LogP) is 3.18. The Bertz CT molecular complexity index is 705. The predicted molar refractivity (Wildman–Crippen MR) is 96.7 cm³/mol. The Balaban J connectivity index is 1.38. The quantitative estimate of drug-likeness (QED) is 0.819. The van der Waals surface area contributed by atoms with Gasteiger partial charge in [0.25, 0.3) is 5.91 Å². The first kappa shape index (κ1) is 16.7. The molecule has 5 heteroatoms. The first-order valence-corrected chi connectivity index (χ1v) is 9.18. The molecule has 0 fully saturated rings. The summed E-state index contributed by atoms with van der Waals surface area (Å²) in [6.45, 7) is 2.99. The van der Waals surface area contributed by atoms with Crippen molar-refractivity contribution in [2.75, 3.05) is 18.9 Å². The summed E-state index contributed by atoms with van der Waals surface area (Å²) in [6.07, 6.45) is -0.582. The van der Waals surface area contributed by atoms with Crippen LogP contribution in [0.3, 0.4) is 0 Å². The zero-order valence-corrected chi connectivity index (χ0v) is 14.5. The van der Waals surface area contributed by atoms with Gasteiger partial charge >= 0.3 is 0 Å². The Morgan fingerprint density at radius 3 is 2.75 bits per heavy atom. The third-order valence-electron chi connectivity index (χ3n) is 3.87. The topological polar surface area (TPSA) is 47.6 Å². The maximum atomic E-state index is 12.2. The zero-order valence-electron chi connectivity index (χ0n) is 13.7. The van der Waals surface area contributed by atoms with Crippen molar-refractivity contribution in [2.45, 2.75) is 18.8 Å². The van der Waals surface area contributed by atoms with E-state index in [9.17, 15) is 4.79 Å². The maximum Gasteiger partial charge on any atom is 0.264 e. The van der Waals surface area contributed by atoms with Crippen LogP contribution >= 0.6 is 11.8 Å². The zero-order chi connectivity index (χ0) is 16.8. The number of thioether (sulfide) groups is 1. The summed E-state index contributed by atoms with van der Waals surface area (Å²) in [5.74, 6) is 3.01. The molecule has 24 heavy (non-hydrogen) atoms. The van der Waals surface area contributed by atoms with E-state index in [0.29, 0.717) is 18.0 Å². The highest BCUT2D eigenvalue weighted by atomic mass is 32.2. The van der Waals surface area contributed by atoms with Gasteiger partial charge in [-0.15, -0.1) is 0 Å². The third-order valence-corrected chi connectivity index (χ3v) is 4.87. The van der Waals surface area contributed by atoms with Crippen molar-refractivity contribution in [3.05, 3.63) is 59.7 Å². The van der Waals surface area contributed by atoms with Gasteiger partial charge < -0.3 is 14.8 Å². The highest BCUT2D eigenvalue weighted by Gasteiger charge is 2.26. The number of fused-ring (bicyclic) bond motifs is 1. The second-order valence-corrected chi connectivity index (χ2v) is 6.74. The summed E-state index contributed by atoms with van der Waals surface area (Å²) in [4.78, 5) is 12.2. The molecule has 1 atom stereocenters. The molecule has 2 aromatic carbocycles. The van der Waals surface area contributed by atoms with Crippen LogP contribution in [0.1, 0.15) is 11.1 Å². The van der Waals surface area contributed by atoms with E-state index in [2.05, 4.69) is 30.4 Å². The number of para-hydroxylation sites is 2. The molecule has 1 heterocycles. The van der Waals surface area contributed by atoms with Crippen molar-refractivity contribution in [1.82, 2.24) is 5.32 Å². The number of hydrogen-bond donors (Lipinski definition) is 1. The number of carbonyl (C=O) groups is 1. The number of nitrogens with one attached hydrogen (secondary N) is 1. The van der Waals surface area contributed by atoms with Crippen LogP contribution in [0.5, 0.6) is 11.5 Å². The number of amides is 1. The Morgan fingerprint density at radius 1 is 1.17 bits per heavy atom. The number of ether oxygens (including phenoxy) is 2. The summed E-state index contributed by atoms with van der Waals surface area (Å²) in [6, 6.07) is 15.8. The molecule has 0 bridgehead atoms. The van der Waals surface area contributed by atoms with Gasteiger partial charge in [0.05, 0.1) is 0 Å². The second kappa shape index (κ2) is 8.11. The molecule has 0 unspecified atom stereocenters. The molecule has 0 spiro atoms. The van der Waals surface area contributed by atoms with Gasteiger partial charge in [-0.25, -0.2) is 0 Å². The molecule has 1 aliphatic rings. The van der Waals surface area contributed by atoms with Crippen LogP contribution in [0.15, 0.2) is 48.5 Å². The van der Waals surface area contributed by atoms with Gasteiger partial charge in [-0.2, -0.15) is 11.8 Å². The molecule has 0 aliphatic carbocycles. The summed E-state index contributed by atoms with van der Waals surface area (Å²) >= 11 is 1.81. The van der Waals surface area contributed by atoms with E-state index in [0.717, 1.165) is 11.5 Å². The van der Waals surface area contributed by atoms with Crippen LogP contribution < -0.4 is 14.8 Å². The minimum Gasteiger partial charge on any atom is -0.485 e. The average Bonchev–Trinajstić information content (AvgIpc) is 2.62. The summed E-state index contributed by atoms with van der Waals surface area (Å²) in [5, 5.41) is 2.92. The lowest BCUT2D eigenvalue weighted by Crippen LogP contribution is -2.44. The van der Waals surface area contributed by atoms with Gasteiger partial charge in [0.1, 0.15) is 6.61 Å². The van der Waals surface area contributed by atoms with Gasteiger partial charge in [0, 0.05) is 18.1 Å². The Kier molecular flexibility index (Phi) is 5.64. The lowest BCUT2D eigenvalue weighted by molar-refractivity contribution is -0.130. The van der Waals surface area contributed by atoms with Crippen LogP contribution in [0.2, 0.25) is 0 Å². The van der Waals surface area contributed by atoms with E-state index < -0.39 is 6.10 Å². The van der Waals surface area contributed by atoms with Crippen molar-refractivity contribution < 1.29 is 14.3 Å². The molecule has 0 aromatic heterocycles. The Morgan fingerprint density at radius 2 is 1.92 bits per heavy atom. The fourth-order valence-corrected chi connectivity index (χ4v) is 3.40. The summed E-state index contributed by atoms with van der Waals surface area (Å²) in [5.41, 5.74) is 2.65. The third kappa shape index (κ3) is 4.23. The van der Waals surface area contributed by atoms with Crippen LogP contribution in [-0.2, 0) is 10.5 Å². The minimum atomic E-state index is -0.582. The van der Waals surface area contributed by atoms with E-state index in [1.54, 1.807) is 0 Å². The van der Waals surface area contributed by atoms with E-state index in [1.165, 1.54) is 11.1 Å². The highest BCUT2D eigenvalue weighted by molar-refractivity contribution is 7.98. The number of carbonyl (C=O) groups excluding carboxylic acids is 1. The molecule has 0 radical (unpaired) electrons. The molecule has 1 amide bonds. The first-order chi connectivity index (χ1) is 11.7. The van der Waals surface area contributed by atoms with Crippen molar-refractivity contribution in [1.29, 1.82) is 0 Å². The van der Waals surface area contributed by atoms with Crippen molar-refractivity contribution in [3.63, 3.8) is 0 Å². The van der Waals surface area contributed by atoms with Crippen LogP contribution in [0, 0.1) is 6.92 Å². The summed E-state index contributed by atoms with van der Waals surface area (Å²) in [7, 11) is 0. The summed E-state index contributed by atoms with van der Waals surface area (Å²) < 4.78 is 11.3. The molecule has 0 saturated carbocycles. The average molecular weight is 343 g/mol. The van der Waals surface area contributed by atoms with Crippen LogP contribution in [0.4, 0.5) is 0 Å². The molecule has 4 nitrogen and oxygen atoms in total. The van der Waals surface area contributed by atoms with Crippen molar-refractivity contribution >= 4 is 17.7 Å². The Hall–Kier alpha value is -2.14. The standard InChI is InChI=1S/C19H21NO3S/c1-14-6-2-3-7-15(14)13-24-11-10-20-19(21)18-12-22-16-8-4-5-9-17(16)23-18/h2-9,18H,10-13H2,1H3,(H,20,21)/t18-/m0/s1. The SMILES string of the molecule is Cc1ccccc1CSCCNC(=O)[C@@H]1COc2ccccc2O1. The molecule has 3 rings (SSSR count). The fourth-order valence-electron chi connectivity index (χ4n) is 2.46. The number of hydrogen-bond acceptors (Lipinski definition) is 4. The van der Waals surface area contributed by atoms with Crippen molar-refractivity contribution in [2.24, 2.45) is 0 Å². The Labute approximate surface area is 146 Å².